The molecule has 0 spiro atoms. The maximum Gasteiger partial charge on any atom is 0.413 e. The largest absolute Gasteiger partial charge is 0.413 e. The van der Waals surface area contributed by atoms with Gasteiger partial charge in [-0.1, -0.05) is 169 Å². The Bertz CT molecular complexity index is 1680. The van der Waals surface area contributed by atoms with E-state index in [0.717, 1.165) is 20.7 Å². The van der Waals surface area contributed by atoms with E-state index in [-0.39, 0.29) is 12.7 Å². The van der Waals surface area contributed by atoms with Crippen molar-refractivity contribution in [2.24, 2.45) is 0 Å². The molecule has 0 aliphatic heterocycles. The van der Waals surface area contributed by atoms with Crippen molar-refractivity contribution in [1.82, 2.24) is 0 Å². The summed E-state index contributed by atoms with van der Waals surface area (Å²) in [6, 6.07) is 36.8. The van der Waals surface area contributed by atoms with Crippen LogP contribution in [0, 0.1) is 0 Å². The number of benzene rings is 4. The minimum absolute atomic E-state index is 0.274. The second-order valence-corrected chi connectivity index (χ2v) is 26.0. The Morgan fingerprint density at radius 3 is 1.00 bits per heavy atom. The highest BCUT2D eigenvalue weighted by molar-refractivity contribution is 9.28. The predicted molar refractivity (Wildman–Crippen MR) is 218 cm³/mol. The van der Waals surface area contributed by atoms with E-state index in [0.29, 0.717) is 3.39 Å². The van der Waals surface area contributed by atoms with Gasteiger partial charge in [-0.05, 0) is 62.7 Å². The number of aldehydes is 1. The number of rotatable bonds is 12. The predicted octanol–water partition coefficient (Wildman–Crippen LogP) is 10.6. The SMILES string of the molecule is CC(C)(C)[Si](O[C@H](CC=C(Br)Br)C(F)(F)F)(c1ccccc1)c1ccccc1.CC(C)(C)[Si](O[C@H](CC=O)C(F)(F)F)(c1ccccc1)c1ccccc1. The van der Waals surface area contributed by atoms with Gasteiger partial charge in [0.05, 0.1) is 3.39 Å². The van der Waals surface area contributed by atoms with E-state index in [9.17, 15) is 31.1 Å². The molecule has 4 aromatic rings. The average Bonchev–Trinajstić information content (AvgIpc) is 3.10. The summed E-state index contributed by atoms with van der Waals surface area (Å²) < 4.78 is 95.3. The molecule has 0 saturated carbocycles. The van der Waals surface area contributed by atoms with Gasteiger partial charge in [0.15, 0.2) is 0 Å². The van der Waals surface area contributed by atoms with Crippen LogP contribution in [0.5, 0.6) is 0 Å². The van der Waals surface area contributed by atoms with Crippen LogP contribution in [0.1, 0.15) is 54.4 Å². The molecule has 0 bridgehead atoms. The Labute approximate surface area is 333 Å². The lowest BCUT2D eigenvalue weighted by atomic mass is 10.2. The van der Waals surface area contributed by atoms with E-state index >= 15 is 0 Å². The van der Waals surface area contributed by atoms with Crippen molar-refractivity contribution in [3.8, 4) is 0 Å². The Balaban J connectivity index is 0.000000291. The van der Waals surface area contributed by atoms with Crippen LogP contribution in [-0.4, -0.2) is 47.5 Å². The molecule has 4 rings (SSSR count). The fraction of sp³-hybridized carbons (Fsp3) is 0.341. The third-order valence-corrected chi connectivity index (χ3v) is 19.7. The summed E-state index contributed by atoms with van der Waals surface area (Å²) in [5.74, 6) is 0. The van der Waals surface area contributed by atoms with Crippen LogP contribution in [0.2, 0.25) is 10.1 Å². The van der Waals surface area contributed by atoms with E-state index in [2.05, 4.69) is 31.9 Å². The third kappa shape index (κ3) is 11.2. The number of hydrogen-bond acceptors (Lipinski definition) is 3. The van der Waals surface area contributed by atoms with Gasteiger partial charge >= 0.3 is 12.4 Å². The molecule has 0 aromatic heterocycles. The molecule has 13 heteroatoms. The van der Waals surface area contributed by atoms with Crippen molar-refractivity contribution in [2.75, 3.05) is 0 Å². The van der Waals surface area contributed by atoms with Crippen molar-refractivity contribution in [3.05, 3.63) is 131 Å². The molecule has 3 nitrogen and oxygen atoms in total. The van der Waals surface area contributed by atoms with Crippen LogP contribution in [0.25, 0.3) is 0 Å². The molecule has 2 atom stereocenters. The molecular weight excluding hydrogens is 870 g/mol. The van der Waals surface area contributed by atoms with Crippen molar-refractivity contribution < 1.29 is 40.0 Å². The molecular formula is C41H46Br2F6O3Si2. The second-order valence-electron chi connectivity index (χ2n) is 14.8. The topological polar surface area (TPSA) is 35.5 Å². The van der Waals surface area contributed by atoms with Gasteiger partial charge < -0.3 is 13.6 Å². The molecule has 4 aromatic carbocycles. The van der Waals surface area contributed by atoms with E-state index in [4.69, 9.17) is 8.85 Å². The third-order valence-electron chi connectivity index (χ3n) is 9.00. The first-order chi connectivity index (χ1) is 25.1. The van der Waals surface area contributed by atoms with Crippen LogP contribution in [0.15, 0.2) is 131 Å². The monoisotopic (exact) mass is 914 g/mol. The highest BCUT2D eigenvalue weighted by Gasteiger charge is 2.56. The number of carbonyl (C=O) groups excluding carboxylic acids is 1. The summed E-state index contributed by atoms with van der Waals surface area (Å²) in [5, 5.41) is 2.05. The van der Waals surface area contributed by atoms with Gasteiger partial charge in [-0.2, -0.15) is 26.3 Å². The number of hydrogen-bond donors (Lipinski definition) is 0. The Morgan fingerprint density at radius 2 is 0.796 bits per heavy atom. The highest BCUT2D eigenvalue weighted by atomic mass is 79.9. The lowest BCUT2D eigenvalue weighted by molar-refractivity contribution is -0.198. The first-order valence-corrected chi connectivity index (χ1v) is 22.7. The fourth-order valence-corrected chi connectivity index (χ4v) is 16.3. The molecule has 0 heterocycles. The molecule has 0 amide bonds. The van der Waals surface area contributed by atoms with Gasteiger partial charge in [-0.3, -0.25) is 0 Å². The van der Waals surface area contributed by atoms with Gasteiger partial charge in [-0.25, -0.2) is 0 Å². The zero-order valence-corrected chi connectivity index (χ0v) is 36.2. The summed E-state index contributed by atoms with van der Waals surface area (Å²) >= 11 is 6.29. The molecule has 0 unspecified atom stereocenters. The normalized spacial score (nSPS) is 14.0. The summed E-state index contributed by atoms with van der Waals surface area (Å²) in [5.41, 5.74) is 0. The van der Waals surface area contributed by atoms with Gasteiger partial charge in [0.2, 0.25) is 0 Å². The molecule has 0 fully saturated rings. The van der Waals surface area contributed by atoms with Crippen LogP contribution in [0.4, 0.5) is 26.3 Å². The van der Waals surface area contributed by atoms with Gasteiger partial charge in [0, 0.05) is 12.8 Å². The Kier molecular flexibility index (Phi) is 15.9. The molecule has 0 aliphatic rings. The molecule has 0 saturated heterocycles. The minimum atomic E-state index is -4.62. The zero-order valence-electron chi connectivity index (χ0n) is 31.0. The summed E-state index contributed by atoms with van der Waals surface area (Å²) in [7, 11) is -6.61. The maximum atomic E-state index is 14.0. The van der Waals surface area contributed by atoms with Crippen molar-refractivity contribution in [1.29, 1.82) is 0 Å². The summed E-state index contributed by atoms with van der Waals surface area (Å²) in [4.78, 5) is 10.9. The van der Waals surface area contributed by atoms with Gasteiger partial charge in [0.1, 0.15) is 18.5 Å². The van der Waals surface area contributed by atoms with Crippen LogP contribution < -0.4 is 20.7 Å². The quantitative estimate of drug-likeness (QED) is 0.0807. The molecule has 0 N–H and O–H groups in total. The Hall–Kier alpha value is -2.82. The first-order valence-electron chi connectivity index (χ1n) is 17.3. The van der Waals surface area contributed by atoms with E-state index in [1.807, 2.05) is 139 Å². The van der Waals surface area contributed by atoms with E-state index < -0.39 is 57.7 Å². The van der Waals surface area contributed by atoms with Gasteiger partial charge in [-0.15, -0.1) is 0 Å². The standard InChI is InChI=1S/C21H23Br2F3OSi.C20H23F3O2Si/c1-20(2,3)28(16-10-6-4-7-11-16,17-12-8-5-9-13-17)27-18(21(24,25)26)14-15-19(22)23;1-19(2,3)26(16-10-6-4-7-11-16,17-12-8-5-9-13-17)25-18(14-15-24)20(21,22)23/h4-13,15,18H,14H2,1-3H3;4-13,15,18H,14H2,1-3H3/t2*18-/m11/s1. The van der Waals surface area contributed by atoms with Crippen LogP contribution >= 0.6 is 31.9 Å². The van der Waals surface area contributed by atoms with Crippen molar-refractivity contribution in [2.45, 2.75) is 89.0 Å². The average molecular weight is 917 g/mol. The van der Waals surface area contributed by atoms with Gasteiger partial charge in [0.25, 0.3) is 16.6 Å². The van der Waals surface area contributed by atoms with E-state index in [1.54, 1.807) is 24.3 Å². The van der Waals surface area contributed by atoms with Crippen LogP contribution in [0.3, 0.4) is 0 Å². The van der Waals surface area contributed by atoms with Crippen molar-refractivity contribution in [3.63, 3.8) is 0 Å². The van der Waals surface area contributed by atoms with Crippen molar-refractivity contribution >= 4 is 75.5 Å². The Morgan fingerprint density at radius 1 is 0.537 bits per heavy atom. The lowest BCUT2D eigenvalue weighted by Gasteiger charge is -2.45. The summed E-state index contributed by atoms with van der Waals surface area (Å²) in [6.45, 7) is 11.6. The number of halogens is 8. The maximum absolute atomic E-state index is 14.0. The number of alkyl halides is 6. The summed E-state index contributed by atoms with van der Waals surface area (Å²) in [6.07, 6.45) is -12.4. The second kappa shape index (κ2) is 18.9. The zero-order chi connectivity index (χ0) is 40.4. The molecule has 292 valence electrons. The molecule has 54 heavy (non-hydrogen) atoms. The molecule has 0 aliphatic carbocycles. The van der Waals surface area contributed by atoms with Crippen LogP contribution in [-0.2, 0) is 13.6 Å². The smallest absolute Gasteiger partial charge is 0.395 e. The lowest BCUT2D eigenvalue weighted by Crippen LogP contribution is -2.68. The molecule has 0 radical (unpaired) electrons. The fourth-order valence-electron chi connectivity index (χ4n) is 6.59. The minimum Gasteiger partial charge on any atom is -0.395 e. The van der Waals surface area contributed by atoms with E-state index in [1.165, 1.54) is 6.08 Å². The first kappa shape index (κ1) is 45.6. The highest BCUT2D eigenvalue weighted by Crippen LogP contribution is 2.42. The number of carbonyl (C=O) groups is 1.